The Morgan fingerprint density at radius 2 is 0.634 bits per heavy atom. The molecule has 548 valence electrons. The van der Waals surface area contributed by atoms with E-state index in [1.54, 1.807) is 0 Å². The van der Waals surface area contributed by atoms with Crippen LogP contribution in [-0.4, -0.2) is 96.7 Å². The molecule has 17 nitrogen and oxygen atoms in total. The van der Waals surface area contributed by atoms with Gasteiger partial charge in [0.1, 0.15) is 19.3 Å². The first-order chi connectivity index (χ1) is 44.8. The quantitative estimate of drug-likeness (QED) is 0.0169. The number of carbonyl (C=O) groups is 4. The Bertz CT molecular complexity index is 1910. The summed E-state index contributed by atoms with van der Waals surface area (Å²) in [6, 6.07) is 0. The number of aliphatic hydroxyl groups excluding tert-OH is 1. The van der Waals surface area contributed by atoms with Crippen molar-refractivity contribution in [2.45, 2.75) is 369 Å². The van der Waals surface area contributed by atoms with Crippen LogP contribution in [0.25, 0.3) is 0 Å². The van der Waals surface area contributed by atoms with Gasteiger partial charge >= 0.3 is 39.5 Å². The second-order valence-corrected chi connectivity index (χ2v) is 30.1. The number of phosphoric ester groups is 2. The van der Waals surface area contributed by atoms with Crippen LogP contribution in [0, 0.1) is 17.8 Å². The van der Waals surface area contributed by atoms with E-state index in [0.29, 0.717) is 25.7 Å². The van der Waals surface area contributed by atoms with Crippen molar-refractivity contribution >= 4 is 39.5 Å². The lowest BCUT2D eigenvalue weighted by molar-refractivity contribution is -0.161. The molecule has 0 saturated heterocycles. The number of esters is 4. The van der Waals surface area contributed by atoms with Crippen molar-refractivity contribution in [2.24, 2.45) is 17.8 Å². The first-order valence-electron chi connectivity index (χ1n) is 37.7. The average Bonchev–Trinajstić information content (AvgIpc) is 2.51. The van der Waals surface area contributed by atoms with E-state index in [9.17, 15) is 43.2 Å². The predicted molar refractivity (Wildman–Crippen MR) is 377 cm³/mol. The van der Waals surface area contributed by atoms with Crippen LogP contribution in [0.3, 0.4) is 0 Å². The van der Waals surface area contributed by atoms with Gasteiger partial charge in [0.25, 0.3) is 0 Å². The van der Waals surface area contributed by atoms with Gasteiger partial charge in [0.15, 0.2) is 12.2 Å². The maximum atomic E-state index is 13.0. The summed E-state index contributed by atoms with van der Waals surface area (Å²) in [4.78, 5) is 72.7. The van der Waals surface area contributed by atoms with Gasteiger partial charge in [-0.1, -0.05) is 297 Å². The SMILES string of the molecule is CCCCCC/C=C\C=C/CCCCCCCC(=O)O[C@H](COC(=O)CCCCCCCCCCC(C)C)COP(=O)(O)OC[C@@H](O)COP(=O)(O)OC[C@@H](COC(=O)CCCCCCCCC(C)CC)OC(=O)CCCCCCCCCCCCCCCCC(C)C. The number of hydrogen-bond acceptors (Lipinski definition) is 15. The number of carbonyl (C=O) groups excluding carboxylic acids is 4. The highest BCUT2D eigenvalue weighted by atomic mass is 31.2. The lowest BCUT2D eigenvalue weighted by Gasteiger charge is -2.21. The van der Waals surface area contributed by atoms with Crippen molar-refractivity contribution in [3.63, 3.8) is 0 Å². The van der Waals surface area contributed by atoms with Gasteiger partial charge in [-0.15, -0.1) is 0 Å². The second kappa shape index (κ2) is 64.2. The first kappa shape index (κ1) is 90.5. The van der Waals surface area contributed by atoms with Crippen molar-refractivity contribution in [1.29, 1.82) is 0 Å². The number of phosphoric acid groups is 2. The fourth-order valence-electron chi connectivity index (χ4n) is 10.7. The molecule has 6 atom stereocenters. The molecule has 0 aromatic heterocycles. The molecule has 0 aliphatic heterocycles. The fourth-order valence-corrected chi connectivity index (χ4v) is 12.3. The van der Waals surface area contributed by atoms with Crippen LogP contribution >= 0.6 is 15.6 Å². The summed E-state index contributed by atoms with van der Waals surface area (Å²) in [6.45, 7) is 11.8. The van der Waals surface area contributed by atoms with Crippen molar-refractivity contribution in [3.05, 3.63) is 24.3 Å². The van der Waals surface area contributed by atoms with Crippen LogP contribution in [0.4, 0.5) is 0 Å². The fraction of sp³-hybridized carbons (Fsp3) is 0.892. The standard InChI is InChI=1S/C74H140O17P2/c1-8-10-11-12-13-14-15-16-17-21-24-27-34-43-50-57-73(78)90-69(61-84-71(76)55-48-41-33-30-29-32-39-46-53-66(5)6)63-88-92(80,81)86-59-68(75)60-87-93(82,83)89-64-70(62-85-72(77)56-49-42-37-36-40-47-54-67(7)9-2)91-74(79)58-51-44-35-28-25-22-19-18-20-23-26-31-38-45-52-65(3)4/h14-17,65-70,75H,8-13,18-64H2,1-7H3,(H,80,81)(H,82,83)/b15-14-,17-16-/t67?,68-,69-,70-/m1/s1. The Morgan fingerprint density at radius 3 is 0.957 bits per heavy atom. The van der Waals surface area contributed by atoms with Crippen molar-refractivity contribution in [3.8, 4) is 0 Å². The van der Waals surface area contributed by atoms with Crippen LogP contribution in [0.1, 0.15) is 350 Å². The van der Waals surface area contributed by atoms with Crippen LogP contribution in [0.15, 0.2) is 24.3 Å². The van der Waals surface area contributed by atoms with Crippen LogP contribution in [0.5, 0.6) is 0 Å². The molecule has 0 heterocycles. The van der Waals surface area contributed by atoms with Gasteiger partial charge in [-0.05, 0) is 69.1 Å². The van der Waals surface area contributed by atoms with E-state index in [-0.39, 0.29) is 25.7 Å². The molecule has 93 heavy (non-hydrogen) atoms. The van der Waals surface area contributed by atoms with E-state index < -0.39 is 97.5 Å². The highest BCUT2D eigenvalue weighted by Gasteiger charge is 2.30. The zero-order chi connectivity index (χ0) is 68.7. The molecule has 3 unspecified atom stereocenters. The molecule has 0 amide bonds. The summed E-state index contributed by atoms with van der Waals surface area (Å²) in [5.41, 5.74) is 0. The molecular weight excluding hydrogens is 1220 g/mol. The summed E-state index contributed by atoms with van der Waals surface area (Å²) in [7, 11) is -9.92. The van der Waals surface area contributed by atoms with Crippen LogP contribution in [0.2, 0.25) is 0 Å². The molecule has 0 radical (unpaired) electrons. The number of allylic oxidation sites excluding steroid dienone is 4. The molecule has 0 saturated carbocycles. The smallest absolute Gasteiger partial charge is 0.462 e. The summed E-state index contributed by atoms with van der Waals surface area (Å²) in [5.74, 6) is 0.0929. The van der Waals surface area contributed by atoms with E-state index in [1.807, 2.05) is 0 Å². The molecule has 3 N–H and O–H groups in total. The minimum Gasteiger partial charge on any atom is -0.462 e. The topological polar surface area (TPSA) is 237 Å². The molecule has 0 aliphatic rings. The van der Waals surface area contributed by atoms with Gasteiger partial charge in [-0.2, -0.15) is 0 Å². The Morgan fingerprint density at radius 1 is 0.355 bits per heavy atom. The molecule has 0 aromatic carbocycles. The van der Waals surface area contributed by atoms with Gasteiger partial charge in [-0.25, -0.2) is 9.13 Å². The van der Waals surface area contributed by atoms with E-state index in [1.165, 1.54) is 135 Å². The van der Waals surface area contributed by atoms with E-state index >= 15 is 0 Å². The minimum absolute atomic E-state index is 0.0840. The largest absolute Gasteiger partial charge is 0.472 e. The van der Waals surface area contributed by atoms with E-state index in [2.05, 4.69) is 72.8 Å². The summed E-state index contributed by atoms with van der Waals surface area (Å²) in [6.07, 6.45) is 52.2. The molecule has 0 fully saturated rings. The number of hydrogen-bond donors (Lipinski definition) is 3. The van der Waals surface area contributed by atoms with Gasteiger partial charge in [0.05, 0.1) is 26.4 Å². The van der Waals surface area contributed by atoms with Crippen molar-refractivity contribution in [1.82, 2.24) is 0 Å². The number of unbranched alkanes of at least 4 members (excludes halogenated alkanes) is 34. The third kappa shape index (κ3) is 66.6. The van der Waals surface area contributed by atoms with Crippen molar-refractivity contribution in [2.75, 3.05) is 39.6 Å². The van der Waals surface area contributed by atoms with Crippen molar-refractivity contribution < 1.29 is 80.2 Å². The third-order valence-corrected chi connectivity index (χ3v) is 18.8. The number of aliphatic hydroxyl groups is 1. The van der Waals surface area contributed by atoms with Gasteiger partial charge in [-0.3, -0.25) is 37.3 Å². The highest BCUT2D eigenvalue weighted by molar-refractivity contribution is 7.47. The van der Waals surface area contributed by atoms with Crippen LogP contribution in [-0.2, 0) is 65.4 Å². The first-order valence-corrected chi connectivity index (χ1v) is 40.7. The Kier molecular flexibility index (Phi) is 62.5. The predicted octanol–water partition coefficient (Wildman–Crippen LogP) is 21.0. The maximum absolute atomic E-state index is 13.0. The monoisotopic (exact) mass is 1360 g/mol. The summed E-state index contributed by atoms with van der Waals surface area (Å²) >= 11 is 0. The van der Waals surface area contributed by atoms with Gasteiger partial charge in [0, 0.05) is 25.7 Å². The zero-order valence-corrected chi connectivity index (χ0v) is 62.0. The number of rotatable bonds is 70. The van der Waals surface area contributed by atoms with Crippen LogP contribution < -0.4 is 0 Å². The lowest BCUT2D eigenvalue weighted by Crippen LogP contribution is -2.30. The minimum atomic E-state index is -4.96. The maximum Gasteiger partial charge on any atom is 0.472 e. The van der Waals surface area contributed by atoms with E-state index in [4.69, 9.17) is 37.0 Å². The molecular formula is C74H140O17P2. The summed E-state index contributed by atoms with van der Waals surface area (Å²) < 4.78 is 68.4. The Balaban J connectivity index is 5.27. The molecule has 19 heteroatoms. The third-order valence-electron chi connectivity index (χ3n) is 16.9. The summed E-state index contributed by atoms with van der Waals surface area (Å²) in [5, 5.41) is 10.6. The molecule has 0 aromatic rings. The van der Waals surface area contributed by atoms with Gasteiger partial charge in [0.2, 0.25) is 0 Å². The van der Waals surface area contributed by atoms with Gasteiger partial charge < -0.3 is 33.8 Å². The molecule has 0 rings (SSSR count). The highest BCUT2D eigenvalue weighted by Crippen LogP contribution is 2.45. The lowest BCUT2D eigenvalue weighted by atomic mass is 10.00. The molecule has 0 spiro atoms. The zero-order valence-electron chi connectivity index (χ0n) is 60.2. The molecule has 0 aliphatic carbocycles. The normalized spacial score (nSPS) is 14.6. The second-order valence-electron chi connectivity index (χ2n) is 27.2. The Labute approximate surface area is 567 Å². The molecule has 0 bridgehead atoms. The number of ether oxygens (including phenoxy) is 4. The Hall–Kier alpha value is -2.46. The van der Waals surface area contributed by atoms with E-state index in [0.717, 1.165) is 133 Å². The average molecular weight is 1360 g/mol.